The highest BCUT2D eigenvalue weighted by Gasteiger charge is 2.12. The quantitative estimate of drug-likeness (QED) is 0.718. The molecular weight excluding hydrogens is 346 g/mol. The van der Waals surface area contributed by atoms with Gasteiger partial charge >= 0.3 is 0 Å². The number of nitrogens with zero attached hydrogens (tertiary/aromatic N) is 3. The number of hydrogen-bond donors (Lipinski definition) is 2. The molecule has 1 aliphatic rings. The van der Waals surface area contributed by atoms with Crippen LogP contribution in [0.5, 0.6) is 11.5 Å². The maximum atomic E-state index is 12.2. The van der Waals surface area contributed by atoms with Gasteiger partial charge in [0, 0.05) is 30.3 Å². The maximum absolute atomic E-state index is 12.2. The number of fused-ring (bicyclic) bond motifs is 1. The van der Waals surface area contributed by atoms with Gasteiger partial charge in [0.2, 0.25) is 5.95 Å². The summed E-state index contributed by atoms with van der Waals surface area (Å²) in [6.45, 7) is 1.42. The Morgan fingerprint density at radius 1 is 1.00 bits per heavy atom. The van der Waals surface area contributed by atoms with Gasteiger partial charge in [-0.3, -0.25) is 9.78 Å². The number of benzene rings is 1. The molecule has 4 rings (SSSR count). The van der Waals surface area contributed by atoms with Gasteiger partial charge in [-0.1, -0.05) is 6.07 Å². The summed E-state index contributed by atoms with van der Waals surface area (Å²) in [5, 5.41) is 5.86. The van der Waals surface area contributed by atoms with Crippen LogP contribution in [0, 0.1) is 0 Å². The fourth-order valence-electron chi connectivity index (χ4n) is 2.54. The van der Waals surface area contributed by atoms with E-state index in [1.807, 2.05) is 36.4 Å². The largest absolute Gasteiger partial charge is 0.486 e. The predicted octanol–water partition coefficient (Wildman–Crippen LogP) is 2.32. The van der Waals surface area contributed by atoms with Crippen molar-refractivity contribution in [2.45, 2.75) is 6.54 Å². The lowest BCUT2D eigenvalue weighted by molar-refractivity contribution is 0.0949. The van der Waals surface area contributed by atoms with Crippen LogP contribution < -0.4 is 20.1 Å². The molecule has 2 N–H and O–H groups in total. The van der Waals surface area contributed by atoms with Gasteiger partial charge in [-0.2, -0.15) is 0 Å². The number of ether oxygens (including phenoxy) is 2. The average molecular weight is 363 g/mol. The Labute approximate surface area is 155 Å². The van der Waals surface area contributed by atoms with Crippen LogP contribution >= 0.6 is 0 Å². The fraction of sp³-hybridized carbons (Fsp3) is 0.158. The van der Waals surface area contributed by atoms with Crippen LogP contribution in [-0.2, 0) is 6.54 Å². The molecule has 3 aromatic rings. The van der Waals surface area contributed by atoms with Crippen molar-refractivity contribution < 1.29 is 14.3 Å². The van der Waals surface area contributed by atoms with Crippen molar-refractivity contribution in [3.05, 3.63) is 66.2 Å². The number of pyridine rings is 1. The SMILES string of the molecule is O=C(NCc1ccccn1)c1cnc(Nc2ccc3c(c2)OCCO3)nc1. The summed E-state index contributed by atoms with van der Waals surface area (Å²) in [4.78, 5) is 24.7. The third-order valence-corrected chi connectivity index (χ3v) is 3.87. The van der Waals surface area contributed by atoms with E-state index in [0.717, 1.165) is 11.4 Å². The van der Waals surface area contributed by atoms with Crippen molar-refractivity contribution in [2.75, 3.05) is 18.5 Å². The molecule has 0 atom stereocenters. The Hall–Kier alpha value is -3.68. The lowest BCUT2D eigenvalue weighted by Gasteiger charge is -2.18. The van der Waals surface area contributed by atoms with Crippen molar-refractivity contribution in [3.63, 3.8) is 0 Å². The van der Waals surface area contributed by atoms with Gasteiger partial charge in [0.15, 0.2) is 11.5 Å². The van der Waals surface area contributed by atoms with Gasteiger partial charge in [-0.15, -0.1) is 0 Å². The number of aromatic nitrogens is 3. The first kappa shape index (κ1) is 16.8. The first-order valence-electron chi connectivity index (χ1n) is 8.45. The zero-order valence-electron chi connectivity index (χ0n) is 14.4. The zero-order valence-corrected chi connectivity index (χ0v) is 14.4. The van der Waals surface area contributed by atoms with Gasteiger partial charge in [0.25, 0.3) is 5.91 Å². The Morgan fingerprint density at radius 3 is 2.59 bits per heavy atom. The van der Waals surface area contributed by atoms with E-state index < -0.39 is 0 Å². The van der Waals surface area contributed by atoms with Crippen molar-refractivity contribution in [1.82, 2.24) is 20.3 Å². The van der Waals surface area contributed by atoms with E-state index in [1.165, 1.54) is 12.4 Å². The summed E-state index contributed by atoms with van der Waals surface area (Å²) < 4.78 is 11.0. The molecule has 0 radical (unpaired) electrons. The molecule has 8 heteroatoms. The summed E-state index contributed by atoms with van der Waals surface area (Å²) in [6.07, 6.45) is 4.63. The molecule has 1 aliphatic heterocycles. The van der Waals surface area contributed by atoms with Crippen LogP contribution in [0.3, 0.4) is 0 Å². The number of carbonyl (C=O) groups excluding carboxylic acids is 1. The van der Waals surface area contributed by atoms with Crippen LogP contribution in [0.4, 0.5) is 11.6 Å². The minimum absolute atomic E-state index is 0.258. The second-order valence-corrected chi connectivity index (χ2v) is 5.78. The second kappa shape index (κ2) is 7.69. The van der Waals surface area contributed by atoms with E-state index in [2.05, 4.69) is 25.6 Å². The first-order valence-corrected chi connectivity index (χ1v) is 8.45. The number of rotatable bonds is 5. The molecule has 3 heterocycles. The van der Waals surface area contributed by atoms with Crippen molar-refractivity contribution in [2.24, 2.45) is 0 Å². The topological polar surface area (TPSA) is 98.3 Å². The average Bonchev–Trinajstić information content (AvgIpc) is 2.73. The molecule has 0 saturated carbocycles. The molecule has 2 aromatic heterocycles. The minimum Gasteiger partial charge on any atom is -0.486 e. The molecule has 0 unspecified atom stereocenters. The van der Waals surface area contributed by atoms with Gasteiger partial charge in [0.1, 0.15) is 13.2 Å². The molecule has 27 heavy (non-hydrogen) atoms. The van der Waals surface area contributed by atoms with Crippen LogP contribution in [0.1, 0.15) is 16.1 Å². The molecule has 1 amide bonds. The highest BCUT2D eigenvalue weighted by Crippen LogP contribution is 2.33. The summed E-state index contributed by atoms with van der Waals surface area (Å²) in [6, 6.07) is 11.0. The molecule has 0 bridgehead atoms. The number of anilines is 2. The highest BCUT2D eigenvalue weighted by molar-refractivity contribution is 5.93. The van der Waals surface area contributed by atoms with E-state index in [-0.39, 0.29) is 5.91 Å². The molecule has 0 spiro atoms. The molecule has 136 valence electrons. The fourth-order valence-corrected chi connectivity index (χ4v) is 2.54. The van der Waals surface area contributed by atoms with Crippen molar-refractivity contribution in [3.8, 4) is 11.5 Å². The lowest BCUT2D eigenvalue weighted by atomic mass is 10.2. The summed E-state index contributed by atoms with van der Waals surface area (Å²) in [5.74, 6) is 1.52. The predicted molar refractivity (Wildman–Crippen MR) is 98.2 cm³/mol. The lowest BCUT2D eigenvalue weighted by Crippen LogP contribution is -2.23. The Bertz CT molecular complexity index is 932. The van der Waals surface area contributed by atoms with Gasteiger partial charge in [-0.25, -0.2) is 9.97 Å². The zero-order chi connectivity index (χ0) is 18.5. The third-order valence-electron chi connectivity index (χ3n) is 3.87. The minimum atomic E-state index is -0.258. The monoisotopic (exact) mass is 363 g/mol. The van der Waals surface area contributed by atoms with E-state index in [9.17, 15) is 4.79 Å². The van der Waals surface area contributed by atoms with E-state index in [1.54, 1.807) is 6.20 Å². The van der Waals surface area contributed by atoms with E-state index in [4.69, 9.17) is 9.47 Å². The Morgan fingerprint density at radius 2 is 1.81 bits per heavy atom. The van der Waals surface area contributed by atoms with Crippen LogP contribution in [-0.4, -0.2) is 34.1 Å². The highest BCUT2D eigenvalue weighted by atomic mass is 16.6. The molecule has 0 aliphatic carbocycles. The standard InChI is InChI=1S/C19H17N5O3/c25-18(21-12-15-3-1-2-6-20-15)13-10-22-19(23-11-13)24-14-4-5-16-17(9-14)27-8-7-26-16/h1-6,9-11H,7-8,12H2,(H,21,25)(H,22,23,24). The van der Waals surface area contributed by atoms with Gasteiger partial charge in [0.05, 0.1) is 17.8 Å². The second-order valence-electron chi connectivity index (χ2n) is 5.78. The smallest absolute Gasteiger partial charge is 0.254 e. The normalized spacial score (nSPS) is 12.3. The van der Waals surface area contributed by atoms with Crippen molar-refractivity contribution in [1.29, 1.82) is 0 Å². The number of carbonyl (C=O) groups is 1. The van der Waals surface area contributed by atoms with Crippen LogP contribution in [0.15, 0.2) is 55.0 Å². The number of nitrogens with one attached hydrogen (secondary N) is 2. The van der Waals surface area contributed by atoms with Crippen LogP contribution in [0.2, 0.25) is 0 Å². The Balaban J connectivity index is 1.38. The van der Waals surface area contributed by atoms with Crippen LogP contribution in [0.25, 0.3) is 0 Å². The molecule has 0 saturated heterocycles. The summed E-state index contributed by atoms with van der Waals surface area (Å²) in [7, 11) is 0. The summed E-state index contributed by atoms with van der Waals surface area (Å²) >= 11 is 0. The number of hydrogen-bond acceptors (Lipinski definition) is 7. The maximum Gasteiger partial charge on any atom is 0.254 e. The van der Waals surface area contributed by atoms with Gasteiger partial charge < -0.3 is 20.1 Å². The molecule has 8 nitrogen and oxygen atoms in total. The molecule has 0 fully saturated rings. The molecular formula is C19H17N5O3. The summed E-state index contributed by atoms with van der Waals surface area (Å²) in [5.41, 5.74) is 1.92. The third kappa shape index (κ3) is 4.12. The Kier molecular flexibility index (Phi) is 4.78. The van der Waals surface area contributed by atoms with E-state index >= 15 is 0 Å². The number of amides is 1. The van der Waals surface area contributed by atoms with Crippen molar-refractivity contribution >= 4 is 17.5 Å². The first-order chi connectivity index (χ1) is 13.3. The van der Waals surface area contributed by atoms with Gasteiger partial charge in [-0.05, 0) is 24.3 Å². The van der Waals surface area contributed by atoms with E-state index in [0.29, 0.717) is 42.8 Å². The molecule has 1 aromatic carbocycles.